The maximum atomic E-state index is 12.8. The van der Waals surface area contributed by atoms with Crippen molar-refractivity contribution in [1.82, 2.24) is 19.4 Å². The van der Waals surface area contributed by atoms with E-state index in [2.05, 4.69) is 33.0 Å². The number of amides is 2. The molecule has 1 aliphatic rings. The summed E-state index contributed by atoms with van der Waals surface area (Å²) in [7, 11) is 0. The van der Waals surface area contributed by atoms with Crippen LogP contribution in [0, 0.1) is 0 Å². The number of carbonyl (C=O) groups excluding carboxylic acids is 2. The van der Waals surface area contributed by atoms with Crippen LogP contribution in [0.5, 0.6) is 0 Å². The number of hydrogen-bond acceptors (Lipinski definition) is 4. The van der Waals surface area contributed by atoms with Gasteiger partial charge in [0.1, 0.15) is 6.54 Å². The van der Waals surface area contributed by atoms with Gasteiger partial charge in [0.15, 0.2) is 0 Å². The number of rotatable bonds is 6. The molecule has 1 aromatic heterocycles. The van der Waals surface area contributed by atoms with E-state index in [1.807, 2.05) is 29.2 Å². The van der Waals surface area contributed by atoms with Crippen molar-refractivity contribution in [3.63, 3.8) is 0 Å². The van der Waals surface area contributed by atoms with Gasteiger partial charge < -0.3 is 9.80 Å². The summed E-state index contributed by atoms with van der Waals surface area (Å²) in [6.07, 6.45) is 3.63. The maximum Gasteiger partial charge on any atom is 0.261 e. The fourth-order valence-electron chi connectivity index (χ4n) is 3.94. The van der Waals surface area contributed by atoms with Crippen molar-refractivity contribution in [3.05, 3.63) is 75.2 Å². The van der Waals surface area contributed by atoms with Crippen molar-refractivity contribution < 1.29 is 9.59 Å². The largest absolute Gasteiger partial charge is 0.339 e. The van der Waals surface area contributed by atoms with Crippen molar-refractivity contribution in [2.24, 2.45) is 0 Å². The molecule has 0 atom stereocenters. The lowest BCUT2D eigenvalue weighted by Crippen LogP contribution is -2.51. The summed E-state index contributed by atoms with van der Waals surface area (Å²) < 4.78 is 2.13. The summed E-state index contributed by atoms with van der Waals surface area (Å²) >= 11 is 3.37. The molecule has 7 nitrogen and oxygen atoms in total. The average molecular weight is 497 g/mol. The molecule has 0 radical (unpaired) electrons. The molecule has 0 bridgehead atoms. The molecule has 2 amide bonds. The minimum Gasteiger partial charge on any atom is -0.339 e. The Balaban J connectivity index is 1.28. The summed E-state index contributed by atoms with van der Waals surface area (Å²) in [6.45, 7) is 1.94. The van der Waals surface area contributed by atoms with Gasteiger partial charge in [-0.3, -0.25) is 19.0 Å². The zero-order valence-electron chi connectivity index (χ0n) is 17.7. The van der Waals surface area contributed by atoms with Crippen LogP contribution in [0.2, 0.25) is 0 Å². The molecule has 1 saturated heterocycles. The van der Waals surface area contributed by atoms with Crippen molar-refractivity contribution in [3.8, 4) is 0 Å². The Morgan fingerprint density at radius 2 is 1.62 bits per heavy atom. The number of fused-ring (bicyclic) bond motifs is 1. The van der Waals surface area contributed by atoms with Gasteiger partial charge in [0.2, 0.25) is 11.8 Å². The molecule has 0 aliphatic carbocycles. The van der Waals surface area contributed by atoms with Crippen LogP contribution in [0.4, 0.5) is 0 Å². The molecule has 1 aliphatic heterocycles. The van der Waals surface area contributed by atoms with E-state index in [9.17, 15) is 14.4 Å². The number of piperazine rings is 1. The first-order valence-corrected chi connectivity index (χ1v) is 11.5. The number of nitrogens with zero attached hydrogens (tertiary/aromatic N) is 4. The Morgan fingerprint density at radius 1 is 0.938 bits per heavy atom. The molecule has 0 spiro atoms. The summed E-state index contributed by atoms with van der Waals surface area (Å²) in [5.41, 5.74) is 1.60. The number of aromatic nitrogens is 2. The molecule has 4 rings (SSSR count). The highest BCUT2D eigenvalue weighted by Gasteiger charge is 2.24. The molecule has 8 heteroatoms. The first kappa shape index (κ1) is 22.2. The fourth-order valence-corrected chi connectivity index (χ4v) is 4.30. The molecule has 0 N–H and O–H groups in total. The summed E-state index contributed by atoms with van der Waals surface area (Å²) in [5.74, 6) is -0.00650. The van der Waals surface area contributed by atoms with E-state index in [1.165, 1.54) is 16.5 Å². The molecule has 3 aromatic rings. The van der Waals surface area contributed by atoms with E-state index in [0.29, 0.717) is 43.5 Å². The van der Waals surface area contributed by atoms with Crippen LogP contribution in [-0.2, 0) is 22.6 Å². The molecule has 0 unspecified atom stereocenters. The van der Waals surface area contributed by atoms with Gasteiger partial charge in [-0.2, -0.15) is 0 Å². The van der Waals surface area contributed by atoms with Crippen LogP contribution < -0.4 is 5.56 Å². The minimum atomic E-state index is -0.239. The van der Waals surface area contributed by atoms with Crippen LogP contribution in [-0.4, -0.2) is 57.3 Å². The molecule has 2 aromatic carbocycles. The van der Waals surface area contributed by atoms with Gasteiger partial charge in [0.05, 0.1) is 17.2 Å². The van der Waals surface area contributed by atoms with Crippen LogP contribution in [0.25, 0.3) is 10.9 Å². The van der Waals surface area contributed by atoms with Crippen molar-refractivity contribution in [1.29, 1.82) is 0 Å². The monoisotopic (exact) mass is 496 g/mol. The smallest absolute Gasteiger partial charge is 0.261 e. The van der Waals surface area contributed by atoms with Crippen LogP contribution in [0.3, 0.4) is 0 Å². The van der Waals surface area contributed by atoms with Crippen LogP contribution in [0.1, 0.15) is 18.4 Å². The molecule has 0 saturated carbocycles. The highest BCUT2D eigenvalue weighted by atomic mass is 79.9. The SMILES string of the molecule is O=C(CCCc1ccccc1)N1CCN(C(=O)Cn2cnc3ccc(Br)cc3c2=O)CC1. The number of aryl methyl sites for hydroxylation is 1. The normalized spacial score (nSPS) is 14.0. The first-order chi connectivity index (χ1) is 15.5. The lowest BCUT2D eigenvalue weighted by molar-refractivity contribution is -0.140. The number of carbonyl (C=O) groups is 2. The van der Waals surface area contributed by atoms with Crippen molar-refractivity contribution in [2.45, 2.75) is 25.8 Å². The molecular weight excluding hydrogens is 472 g/mol. The number of hydrogen-bond donors (Lipinski definition) is 0. The first-order valence-electron chi connectivity index (χ1n) is 10.8. The summed E-state index contributed by atoms with van der Waals surface area (Å²) in [5, 5.41) is 0.473. The molecule has 2 heterocycles. The van der Waals surface area contributed by atoms with E-state index >= 15 is 0 Å². The Hall–Kier alpha value is -3.00. The topological polar surface area (TPSA) is 75.5 Å². The lowest BCUT2D eigenvalue weighted by atomic mass is 10.1. The van der Waals surface area contributed by atoms with Crippen molar-refractivity contribution >= 4 is 38.6 Å². The van der Waals surface area contributed by atoms with Gasteiger partial charge in [-0.15, -0.1) is 0 Å². The van der Waals surface area contributed by atoms with E-state index in [4.69, 9.17) is 0 Å². The maximum absolute atomic E-state index is 12.8. The number of halogens is 1. The predicted octanol–water partition coefficient (Wildman–Crippen LogP) is 2.85. The standard InChI is InChI=1S/C24H25BrN4O3/c25-19-9-10-21-20(15-19)24(32)29(17-26-21)16-23(31)28-13-11-27(12-14-28)22(30)8-4-7-18-5-2-1-3-6-18/h1-3,5-6,9-10,15,17H,4,7-8,11-14,16H2. The second-order valence-corrected chi connectivity index (χ2v) is 8.86. The Morgan fingerprint density at radius 3 is 2.34 bits per heavy atom. The third kappa shape index (κ3) is 5.24. The Labute approximate surface area is 194 Å². The highest BCUT2D eigenvalue weighted by Crippen LogP contribution is 2.15. The van der Waals surface area contributed by atoms with E-state index in [0.717, 1.165) is 17.3 Å². The van der Waals surface area contributed by atoms with Crippen LogP contribution >= 0.6 is 15.9 Å². The number of benzene rings is 2. The van der Waals surface area contributed by atoms with Gasteiger partial charge in [-0.1, -0.05) is 46.3 Å². The second-order valence-electron chi connectivity index (χ2n) is 7.94. The van der Waals surface area contributed by atoms with E-state index in [1.54, 1.807) is 17.0 Å². The average Bonchev–Trinajstić information content (AvgIpc) is 2.82. The zero-order chi connectivity index (χ0) is 22.5. The summed E-state index contributed by atoms with van der Waals surface area (Å²) in [6, 6.07) is 15.5. The van der Waals surface area contributed by atoms with E-state index < -0.39 is 0 Å². The van der Waals surface area contributed by atoms with Gasteiger partial charge in [-0.05, 0) is 36.6 Å². The predicted molar refractivity (Wildman–Crippen MR) is 126 cm³/mol. The minimum absolute atomic E-state index is 0.0562. The van der Waals surface area contributed by atoms with Crippen LogP contribution in [0.15, 0.2) is 64.1 Å². The molecular formula is C24H25BrN4O3. The van der Waals surface area contributed by atoms with Gasteiger partial charge in [-0.25, -0.2) is 4.98 Å². The van der Waals surface area contributed by atoms with Gasteiger partial charge in [0, 0.05) is 37.1 Å². The quantitative estimate of drug-likeness (QED) is 0.525. The van der Waals surface area contributed by atoms with E-state index in [-0.39, 0.29) is 23.9 Å². The Bertz CT molecular complexity index is 1170. The van der Waals surface area contributed by atoms with Gasteiger partial charge >= 0.3 is 0 Å². The molecule has 1 fully saturated rings. The molecule has 32 heavy (non-hydrogen) atoms. The molecule has 166 valence electrons. The highest BCUT2D eigenvalue weighted by molar-refractivity contribution is 9.10. The third-order valence-electron chi connectivity index (χ3n) is 5.78. The zero-order valence-corrected chi connectivity index (χ0v) is 19.3. The Kier molecular flexibility index (Phi) is 6.99. The second kappa shape index (κ2) is 10.1. The van der Waals surface area contributed by atoms with Crippen molar-refractivity contribution in [2.75, 3.05) is 26.2 Å². The summed E-state index contributed by atoms with van der Waals surface area (Å²) in [4.78, 5) is 45.8. The fraction of sp³-hybridized carbons (Fsp3) is 0.333. The third-order valence-corrected chi connectivity index (χ3v) is 6.27. The lowest BCUT2D eigenvalue weighted by Gasteiger charge is -2.35. The van der Waals surface area contributed by atoms with Gasteiger partial charge in [0.25, 0.3) is 5.56 Å².